The molecular formula is C8H13. The highest BCUT2D eigenvalue weighted by Gasteiger charge is 1.90. The molecule has 0 aliphatic carbocycles. The topological polar surface area (TPSA) is 0 Å². The van der Waals surface area contributed by atoms with Crippen LogP contribution in [0.1, 0.15) is 33.1 Å². The first-order chi connectivity index (χ1) is 3.77. The molecule has 0 atom stereocenters. The van der Waals surface area contributed by atoms with Crippen molar-refractivity contribution in [2.75, 3.05) is 0 Å². The molecule has 0 saturated carbocycles. The summed E-state index contributed by atoms with van der Waals surface area (Å²) in [6.07, 6.45) is 8.31. The smallest absolute Gasteiger partial charge is 0.00862 e. The number of unbranched alkanes of at least 4 members (excludes halogenated alkanes) is 1. The number of hydrogen-bond acceptors (Lipinski definition) is 0. The predicted molar refractivity (Wildman–Crippen MR) is 37.3 cm³/mol. The van der Waals surface area contributed by atoms with Crippen LogP contribution in [0.2, 0.25) is 0 Å². The second-order valence-electron chi connectivity index (χ2n) is 2.26. The zero-order valence-electron chi connectivity index (χ0n) is 5.70. The van der Waals surface area contributed by atoms with Gasteiger partial charge in [-0.15, -0.1) is 12.3 Å². The van der Waals surface area contributed by atoms with E-state index in [4.69, 9.17) is 6.42 Å². The van der Waals surface area contributed by atoms with E-state index in [9.17, 15) is 0 Å². The van der Waals surface area contributed by atoms with Gasteiger partial charge in [0, 0.05) is 6.42 Å². The van der Waals surface area contributed by atoms with Gasteiger partial charge in [-0.1, -0.05) is 13.8 Å². The molecule has 8 heavy (non-hydrogen) atoms. The maximum atomic E-state index is 5.06. The minimum absolute atomic E-state index is 0.922. The zero-order chi connectivity index (χ0) is 6.41. The van der Waals surface area contributed by atoms with E-state index in [2.05, 4.69) is 19.8 Å². The van der Waals surface area contributed by atoms with Crippen LogP contribution in [0, 0.1) is 18.3 Å². The summed E-state index contributed by atoms with van der Waals surface area (Å²) in [6.45, 7) is 4.27. The molecule has 0 heteroatoms. The highest BCUT2D eigenvalue weighted by Crippen LogP contribution is 2.06. The first-order valence-electron chi connectivity index (χ1n) is 3.00. The molecule has 0 aromatic rings. The lowest BCUT2D eigenvalue weighted by molar-refractivity contribution is 0.769. The second kappa shape index (κ2) is 4.71. The molecule has 0 rings (SSSR count). The Kier molecular flexibility index (Phi) is 4.45. The van der Waals surface area contributed by atoms with Crippen molar-refractivity contribution in [3.63, 3.8) is 0 Å². The van der Waals surface area contributed by atoms with Gasteiger partial charge in [-0.3, -0.25) is 0 Å². The molecule has 0 N–H and O–H groups in total. The summed E-state index contributed by atoms with van der Waals surface area (Å²) in [4.78, 5) is 0. The van der Waals surface area contributed by atoms with Gasteiger partial charge >= 0.3 is 0 Å². The van der Waals surface area contributed by atoms with Crippen LogP contribution >= 0.6 is 0 Å². The van der Waals surface area contributed by atoms with Crippen LogP contribution in [0.25, 0.3) is 0 Å². The Morgan fingerprint density at radius 2 is 2.12 bits per heavy atom. The van der Waals surface area contributed by atoms with E-state index in [0.717, 1.165) is 12.8 Å². The van der Waals surface area contributed by atoms with Crippen molar-refractivity contribution in [2.45, 2.75) is 33.1 Å². The molecule has 0 saturated heterocycles. The number of terminal acetylenes is 1. The van der Waals surface area contributed by atoms with Crippen LogP contribution in [0.15, 0.2) is 0 Å². The van der Waals surface area contributed by atoms with E-state index in [0.29, 0.717) is 0 Å². The van der Waals surface area contributed by atoms with Crippen molar-refractivity contribution in [3.8, 4) is 12.3 Å². The molecule has 0 aliphatic rings. The third kappa shape index (κ3) is 5.56. The molecule has 1 radical (unpaired) electrons. The van der Waals surface area contributed by atoms with Crippen LogP contribution < -0.4 is 0 Å². The van der Waals surface area contributed by atoms with E-state index < -0.39 is 0 Å². The normalized spacial score (nSPS) is 9.25. The van der Waals surface area contributed by atoms with Crippen LogP contribution in [0.3, 0.4) is 0 Å². The Morgan fingerprint density at radius 1 is 1.50 bits per heavy atom. The lowest BCUT2D eigenvalue weighted by Crippen LogP contribution is -1.82. The van der Waals surface area contributed by atoms with Gasteiger partial charge in [0.1, 0.15) is 0 Å². The Balaban J connectivity index is 2.85. The van der Waals surface area contributed by atoms with Gasteiger partial charge in [-0.25, -0.2) is 0 Å². The standard InChI is InChI=1S/C8H13/c1-4-5-6-7-8(2)3/h1H,5-7H2,2-3H3. The Bertz CT molecular complexity index is 74.5. The summed E-state index contributed by atoms with van der Waals surface area (Å²) >= 11 is 0. The van der Waals surface area contributed by atoms with Gasteiger partial charge < -0.3 is 0 Å². The minimum Gasteiger partial charge on any atom is -0.120 e. The second-order valence-corrected chi connectivity index (χ2v) is 2.26. The van der Waals surface area contributed by atoms with E-state index in [1.807, 2.05) is 0 Å². The fraction of sp³-hybridized carbons (Fsp3) is 0.625. The molecular weight excluding hydrogens is 96.1 g/mol. The number of rotatable bonds is 3. The highest BCUT2D eigenvalue weighted by atomic mass is 14.0. The molecule has 0 bridgehead atoms. The minimum atomic E-state index is 0.922. The maximum absolute atomic E-state index is 5.06. The van der Waals surface area contributed by atoms with Crippen molar-refractivity contribution in [1.82, 2.24) is 0 Å². The first-order valence-corrected chi connectivity index (χ1v) is 3.00. The van der Waals surface area contributed by atoms with Gasteiger partial charge in [0.05, 0.1) is 0 Å². The molecule has 0 aliphatic heterocycles. The molecule has 0 aromatic carbocycles. The van der Waals surface area contributed by atoms with Gasteiger partial charge in [0.25, 0.3) is 0 Å². The van der Waals surface area contributed by atoms with E-state index >= 15 is 0 Å². The van der Waals surface area contributed by atoms with Crippen molar-refractivity contribution in [2.24, 2.45) is 0 Å². The average Bonchev–Trinajstić information content (AvgIpc) is 1.66. The average molecular weight is 109 g/mol. The van der Waals surface area contributed by atoms with E-state index in [1.54, 1.807) is 0 Å². The van der Waals surface area contributed by atoms with Gasteiger partial charge in [0.2, 0.25) is 0 Å². The quantitative estimate of drug-likeness (QED) is 0.385. The molecule has 0 spiro atoms. The summed E-state index contributed by atoms with van der Waals surface area (Å²) in [5.74, 6) is 4.08. The van der Waals surface area contributed by atoms with Gasteiger partial charge in [-0.05, 0) is 18.8 Å². The molecule has 0 heterocycles. The molecule has 45 valence electrons. The summed E-state index contributed by atoms with van der Waals surface area (Å²) in [6, 6.07) is 0. The number of hydrogen-bond donors (Lipinski definition) is 0. The summed E-state index contributed by atoms with van der Waals surface area (Å²) in [5.41, 5.74) is 0. The maximum Gasteiger partial charge on any atom is 0.00862 e. The van der Waals surface area contributed by atoms with Crippen LogP contribution in [0.4, 0.5) is 0 Å². The molecule has 0 nitrogen and oxygen atoms in total. The third-order valence-corrected chi connectivity index (χ3v) is 0.998. The Labute approximate surface area is 52.3 Å². The van der Waals surface area contributed by atoms with Crippen LogP contribution in [-0.4, -0.2) is 0 Å². The van der Waals surface area contributed by atoms with Crippen LogP contribution in [0.5, 0.6) is 0 Å². The van der Waals surface area contributed by atoms with Crippen molar-refractivity contribution in [3.05, 3.63) is 5.92 Å². The lowest BCUT2D eigenvalue weighted by atomic mass is 10.1. The fourth-order valence-corrected chi connectivity index (χ4v) is 0.544. The Morgan fingerprint density at radius 3 is 2.50 bits per heavy atom. The summed E-state index contributed by atoms with van der Waals surface area (Å²) in [5, 5.41) is 0. The molecule has 0 amide bonds. The van der Waals surface area contributed by atoms with Crippen molar-refractivity contribution in [1.29, 1.82) is 0 Å². The van der Waals surface area contributed by atoms with Gasteiger partial charge in [0.15, 0.2) is 0 Å². The lowest BCUT2D eigenvalue weighted by Gasteiger charge is -1.98. The van der Waals surface area contributed by atoms with Crippen molar-refractivity contribution >= 4 is 0 Å². The summed E-state index contributed by atoms with van der Waals surface area (Å²) < 4.78 is 0. The SMILES string of the molecule is C#CCCC[C](C)C. The molecule has 0 aromatic heterocycles. The van der Waals surface area contributed by atoms with Crippen LogP contribution in [-0.2, 0) is 0 Å². The highest BCUT2D eigenvalue weighted by molar-refractivity contribution is 4.86. The largest absolute Gasteiger partial charge is 0.120 e. The first kappa shape index (κ1) is 7.56. The third-order valence-electron chi connectivity index (χ3n) is 0.998. The zero-order valence-corrected chi connectivity index (χ0v) is 5.70. The monoisotopic (exact) mass is 109 g/mol. The van der Waals surface area contributed by atoms with Gasteiger partial charge in [-0.2, -0.15) is 0 Å². The molecule has 0 fully saturated rings. The fourth-order valence-electron chi connectivity index (χ4n) is 0.544. The van der Waals surface area contributed by atoms with Crippen molar-refractivity contribution < 1.29 is 0 Å². The predicted octanol–water partition coefficient (Wildman–Crippen LogP) is 2.40. The van der Waals surface area contributed by atoms with E-state index in [-0.39, 0.29) is 0 Å². The van der Waals surface area contributed by atoms with E-state index in [1.165, 1.54) is 12.3 Å². The summed E-state index contributed by atoms with van der Waals surface area (Å²) in [7, 11) is 0. The Hall–Kier alpha value is -0.440. The molecule has 0 unspecified atom stereocenters.